The third kappa shape index (κ3) is 4.48. The Balaban J connectivity index is 1.88. The third-order valence-corrected chi connectivity index (χ3v) is 6.83. The predicted octanol–water partition coefficient (Wildman–Crippen LogP) is 3.38. The molecule has 0 aromatic heterocycles. The van der Waals surface area contributed by atoms with Crippen LogP contribution in [0.4, 0.5) is 11.4 Å². The quantitative estimate of drug-likeness (QED) is 0.373. The van der Waals surface area contributed by atoms with Gasteiger partial charge in [-0.25, -0.2) is 13.4 Å². The number of hydrogen-bond acceptors (Lipinski definition) is 8. The predicted molar refractivity (Wildman–Crippen MR) is 127 cm³/mol. The zero-order valence-electron chi connectivity index (χ0n) is 19.0. The number of aryl methyl sites for hydroxylation is 1. The van der Waals surface area contributed by atoms with Crippen LogP contribution in [0, 0.1) is 17.0 Å². The Morgan fingerprint density at radius 2 is 1.66 bits per heavy atom. The van der Waals surface area contributed by atoms with Gasteiger partial charge in [-0.15, -0.1) is 4.83 Å². The van der Waals surface area contributed by atoms with Gasteiger partial charge in [-0.2, -0.15) is 0 Å². The summed E-state index contributed by atoms with van der Waals surface area (Å²) in [6.45, 7) is 1.81. The van der Waals surface area contributed by atoms with E-state index in [1.807, 2.05) is 6.92 Å². The summed E-state index contributed by atoms with van der Waals surface area (Å²) < 4.78 is 36.8. The lowest BCUT2D eigenvalue weighted by Gasteiger charge is -2.37. The second kappa shape index (κ2) is 9.24. The van der Waals surface area contributed by atoms with Crippen molar-refractivity contribution in [2.45, 2.75) is 18.0 Å². The molecule has 3 aromatic rings. The van der Waals surface area contributed by atoms with Gasteiger partial charge in [0.15, 0.2) is 17.7 Å². The van der Waals surface area contributed by atoms with Gasteiger partial charge in [-0.1, -0.05) is 29.8 Å². The fourth-order valence-corrected chi connectivity index (χ4v) is 4.77. The van der Waals surface area contributed by atoms with Gasteiger partial charge in [0.2, 0.25) is 0 Å². The summed E-state index contributed by atoms with van der Waals surface area (Å²) in [6, 6.07) is 15.0. The highest BCUT2D eigenvalue weighted by molar-refractivity contribution is 7.89. The number of carbonyl (C=O) groups is 1. The van der Waals surface area contributed by atoms with Crippen molar-refractivity contribution in [1.29, 1.82) is 0 Å². The van der Waals surface area contributed by atoms with E-state index in [4.69, 9.17) is 9.47 Å². The minimum absolute atomic E-state index is 0.0119. The van der Waals surface area contributed by atoms with E-state index in [0.717, 1.165) is 16.6 Å². The number of benzene rings is 3. The van der Waals surface area contributed by atoms with E-state index < -0.39 is 32.7 Å². The van der Waals surface area contributed by atoms with Crippen molar-refractivity contribution in [3.8, 4) is 11.5 Å². The molecule has 0 spiro atoms. The number of fused-ring (bicyclic) bond motifs is 1. The summed E-state index contributed by atoms with van der Waals surface area (Å²) in [7, 11) is -1.53. The largest absolute Gasteiger partial charge is 0.493 e. The third-order valence-electron chi connectivity index (χ3n) is 5.50. The Labute approximate surface area is 201 Å². The standard InChI is InChI=1S/C23H22N4O7S/c1-14-8-10-15(11-9-14)35(31,32)25-26-22(24-18-7-5-4-6-16(18)23(26)28)17-12-20(33-2)21(34-3)13-19(17)27(29)30/h4-13,22,24-25H,1-3H3. The van der Waals surface area contributed by atoms with Crippen LogP contribution in [0.1, 0.15) is 27.7 Å². The van der Waals surface area contributed by atoms with Crippen molar-refractivity contribution in [1.82, 2.24) is 9.84 Å². The van der Waals surface area contributed by atoms with Crippen molar-refractivity contribution in [3.63, 3.8) is 0 Å². The van der Waals surface area contributed by atoms with Crippen LogP contribution in [0.3, 0.4) is 0 Å². The van der Waals surface area contributed by atoms with Gasteiger partial charge in [0, 0.05) is 5.69 Å². The van der Waals surface area contributed by atoms with Crippen molar-refractivity contribution >= 4 is 27.3 Å². The summed E-state index contributed by atoms with van der Waals surface area (Å²) in [6.07, 6.45) is -1.28. The van der Waals surface area contributed by atoms with Crippen LogP contribution in [0.5, 0.6) is 11.5 Å². The first-order valence-electron chi connectivity index (χ1n) is 10.3. The lowest BCUT2D eigenvalue weighted by atomic mass is 10.0. The van der Waals surface area contributed by atoms with E-state index in [9.17, 15) is 23.3 Å². The fourth-order valence-electron chi connectivity index (χ4n) is 3.73. The molecule has 3 aromatic carbocycles. The van der Waals surface area contributed by atoms with Crippen LogP contribution in [0.15, 0.2) is 65.6 Å². The number of anilines is 1. The molecule has 1 aliphatic rings. The zero-order chi connectivity index (χ0) is 25.3. The number of hydrogen-bond donors (Lipinski definition) is 2. The van der Waals surface area contributed by atoms with Crippen molar-refractivity contribution < 1.29 is 27.6 Å². The van der Waals surface area contributed by atoms with Gasteiger partial charge in [0.05, 0.1) is 41.2 Å². The van der Waals surface area contributed by atoms with Crippen molar-refractivity contribution in [2.24, 2.45) is 0 Å². The van der Waals surface area contributed by atoms with Gasteiger partial charge in [-0.3, -0.25) is 14.9 Å². The average Bonchev–Trinajstić information content (AvgIpc) is 2.85. The van der Waals surface area contributed by atoms with Gasteiger partial charge in [-0.05, 0) is 37.3 Å². The van der Waals surface area contributed by atoms with E-state index >= 15 is 0 Å². The number of rotatable bonds is 7. The minimum atomic E-state index is -4.23. The number of ether oxygens (including phenoxy) is 2. The number of nitrogens with one attached hydrogen (secondary N) is 2. The summed E-state index contributed by atoms with van der Waals surface area (Å²) in [4.78, 5) is 27.0. The molecule has 0 saturated heterocycles. The van der Waals surface area contributed by atoms with Crippen molar-refractivity contribution in [3.05, 3.63) is 87.5 Å². The summed E-state index contributed by atoms with van der Waals surface area (Å²) in [5, 5.41) is 15.8. The number of nitro groups is 1. The van der Waals surface area contributed by atoms with Crippen LogP contribution in [0.2, 0.25) is 0 Å². The molecule has 1 aliphatic heterocycles. The molecule has 0 saturated carbocycles. The number of methoxy groups -OCH3 is 2. The molecule has 0 radical (unpaired) electrons. The number of hydrazine groups is 1. The fraction of sp³-hybridized carbons (Fsp3) is 0.174. The monoisotopic (exact) mass is 498 g/mol. The number of carbonyl (C=O) groups excluding carboxylic acids is 1. The first kappa shape index (κ1) is 24.0. The number of sulfonamides is 1. The molecule has 1 unspecified atom stereocenters. The molecule has 0 aliphatic carbocycles. The molecule has 12 heteroatoms. The highest BCUT2D eigenvalue weighted by atomic mass is 32.2. The molecule has 11 nitrogen and oxygen atoms in total. The Bertz CT molecular complexity index is 1410. The molecule has 1 atom stereocenters. The van der Waals surface area contributed by atoms with Crippen LogP contribution < -0.4 is 19.6 Å². The van der Waals surface area contributed by atoms with Crippen LogP contribution in [0.25, 0.3) is 0 Å². The molecule has 2 N–H and O–H groups in total. The minimum Gasteiger partial charge on any atom is -0.493 e. The summed E-state index contributed by atoms with van der Waals surface area (Å²) in [5.41, 5.74) is 1.03. The molecular formula is C23H22N4O7S. The number of nitro benzene ring substituents is 1. The molecule has 35 heavy (non-hydrogen) atoms. The summed E-state index contributed by atoms with van der Waals surface area (Å²) in [5.74, 6) is -0.413. The molecule has 1 amide bonds. The number of para-hydroxylation sites is 1. The molecule has 1 heterocycles. The van der Waals surface area contributed by atoms with Crippen LogP contribution >= 0.6 is 0 Å². The smallest absolute Gasteiger partial charge is 0.280 e. The molecular weight excluding hydrogens is 476 g/mol. The lowest BCUT2D eigenvalue weighted by molar-refractivity contribution is -0.386. The second-order valence-corrected chi connectivity index (χ2v) is 9.36. The highest BCUT2D eigenvalue weighted by Crippen LogP contribution is 2.41. The first-order chi connectivity index (χ1) is 16.7. The van der Waals surface area contributed by atoms with E-state index in [0.29, 0.717) is 5.69 Å². The Hall–Kier alpha value is -4.16. The van der Waals surface area contributed by atoms with E-state index in [1.54, 1.807) is 30.3 Å². The average molecular weight is 499 g/mol. The normalized spacial score (nSPS) is 15.2. The van der Waals surface area contributed by atoms with Crippen LogP contribution in [-0.2, 0) is 10.0 Å². The van der Waals surface area contributed by atoms with Gasteiger partial charge < -0.3 is 14.8 Å². The van der Waals surface area contributed by atoms with Gasteiger partial charge in [0.1, 0.15) is 0 Å². The van der Waals surface area contributed by atoms with Crippen molar-refractivity contribution in [2.75, 3.05) is 19.5 Å². The Morgan fingerprint density at radius 1 is 1.03 bits per heavy atom. The molecule has 0 fully saturated rings. The van der Waals surface area contributed by atoms with E-state index in [2.05, 4.69) is 10.1 Å². The van der Waals surface area contributed by atoms with Crippen LogP contribution in [-0.4, -0.2) is 38.5 Å². The lowest BCUT2D eigenvalue weighted by Crippen LogP contribution is -2.52. The number of nitrogens with zero attached hydrogens (tertiary/aromatic N) is 2. The van der Waals surface area contributed by atoms with E-state index in [-0.39, 0.29) is 27.5 Å². The van der Waals surface area contributed by atoms with Gasteiger partial charge in [0.25, 0.3) is 21.6 Å². The zero-order valence-corrected chi connectivity index (χ0v) is 19.8. The maximum atomic E-state index is 13.5. The maximum absolute atomic E-state index is 13.5. The highest BCUT2D eigenvalue weighted by Gasteiger charge is 2.39. The number of amides is 1. The first-order valence-corrected chi connectivity index (χ1v) is 11.8. The SMILES string of the molecule is COc1cc(C2Nc3ccccc3C(=O)N2NS(=O)(=O)c2ccc(C)cc2)c([N+](=O)[O-])cc1OC. The molecule has 182 valence electrons. The molecule has 0 bridgehead atoms. The van der Waals surface area contributed by atoms with Gasteiger partial charge >= 0.3 is 0 Å². The second-order valence-electron chi connectivity index (χ2n) is 7.70. The Morgan fingerprint density at radius 3 is 2.29 bits per heavy atom. The topological polar surface area (TPSA) is 140 Å². The van der Waals surface area contributed by atoms with E-state index in [1.165, 1.54) is 38.5 Å². The maximum Gasteiger partial charge on any atom is 0.280 e. The Kier molecular flexibility index (Phi) is 6.33. The summed E-state index contributed by atoms with van der Waals surface area (Å²) >= 11 is 0. The molecule has 4 rings (SSSR count).